The van der Waals surface area contributed by atoms with Crippen LogP contribution in [0.1, 0.15) is 63.0 Å². The molecule has 0 radical (unpaired) electrons. The minimum atomic E-state index is 0.823. The molecule has 2 heteroatoms. The molecule has 1 aromatic rings. The first-order chi connectivity index (χ1) is 8.77. The molecular weight excluding hydrogens is 286 g/mol. The molecule has 0 fully saturated rings. The van der Waals surface area contributed by atoms with Crippen molar-refractivity contribution in [3.8, 4) is 6.07 Å². The van der Waals surface area contributed by atoms with Gasteiger partial charge >= 0.3 is 0 Å². The highest BCUT2D eigenvalue weighted by Gasteiger charge is 2.02. The van der Waals surface area contributed by atoms with E-state index in [9.17, 15) is 0 Å². The molecule has 1 rings (SSSR count). The molecule has 0 aliphatic rings. The van der Waals surface area contributed by atoms with Gasteiger partial charge in [-0.2, -0.15) is 5.26 Å². The Hall–Kier alpha value is -0.810. The van der Waals surface area contributed by atoms with Crippen LogP contribution in [0.5, 0.6) is 0 Å². The Balaban J connectivity index is 2.27. The van der Waals surface area contributed by atoms with E-state index in [1.54, 1.807) is 0 Å². The lowest BCUT2D eigenvalue weighted by Gasteiger charge is -2.05. The second-order valence-electron chi connectivity index (χ2n) is 4.78. The van der Waals surface area contributed by atoms with Gasteiger partial charge in [-0.05, 0) is 36.6 Å². The fourth-order valence-corrected chi connectivity index (χ4v) is 2.56. The molecule has 0 heterocycles. The van der Waals surface area contributed by atoms with Gasteiger partial charge in [0.05, 0.1) is 11.6 Å². The number of nitriles is 1. The summed E-state index contributed by atoms with van der Waals surface area (Å²) < 4.78 is 1.07. The van der Waals surface area contributed by atoms with E-state index in [0.717, 1.165) is 16.5 Å². The highest BCUT2D eigenvalue weighted by atomic mass is 79.9. The SMILES string of the molecule is CCCCCCCCCc1cc(Br)ccc1C#N. The van der Waals surface area contributed by atoms with Crippen LogP contribution in [-0.4, -0.2) is 0 Å². The second-order valence-corrected chi connectivity index (χ2v) is 5.70. The van der Waals surface area contributed by atoms with Crippen molar-refractivity contribution < 1.29 is 0 Å². The van der Waals surface area contributed by atoms with Crippen LogP contribution in [-0.2, 0) is 6.42 Å². The van der Waals surface area contributed by atoms with Crippen molar-refractivity contribution in [3.63, 3.8) is 0 Å². The number of halogens is 1. The predicted molar refractivity (Wildman–Crippen MR) is 80.6 cm³/mol. The third-order valence-corrected chi connectivity index (χ3v) is 3.73. The van der Waals surface area contributed by atoms with Crippen LogP contribution >= 0.6 is 15.9 Å². The Morgan fingerprint density at radius 2 is 1.72 bits per heavy atom. The standard InChI is InChI=1S/C16H22BrN/c1-2-3-4-5-6-7-8-9-14-12-16(17)11-10-15(14)13-18/h10-12H,2-9H2,1H3. The van der Waals surface area contributed by atoms with Gasteiger partial charge < -0.3 is 0 Å². The molecule has 0 spiro atoms. The Bertz CT molecular complexity index is 393. The summed E-state index contributed by atoms with van der Waals surface area (Å²) in [5.74, 6) is 0. The molecule has 0 bridgehead atoms. The number of hydrogen-bond donors (Lipinski definition) is 0. The summed E-state index contributed by atoms with van der Waals surface area (Å²) in [6, 6.07) is 8.19. The van der Waals surface area contributed by atoms with Crippen LogP contribution in [0.25, 0.3) is 0 Å². The zero-order chi connectivity index (χ0) is 13.2. The van der Waals surface area contributed by atoms with Crippen LogP contribution in [0, 0.1) is 11.3 Å². The molecule has 0 saturated carbocycles. The molecule has 1 aromatic carbocycles. The number of aryl methyl sites for hydroxylation is 1. The van der Waals surface area contributed by atoms with E-state index in [0.29, 0.717) is 0 Å². The second kappa shape index (κ2) is 9.16. The van der Waals surface area contributed by atoms with Crippen LogP contribution in [0.2, 0.25) is 0 Å². The zero-order valence-electron chi connectivity index (χ0n) is 11.2. The van der Waals surface area contributed by atoms with Crippen molar-refractivity contribution >= 4 is 15.9 Å². The van der Waals surface area contributed by atoms with E-state index in [-0.39, 0.29) is 0 Å². The minimum absolute atomic E-state index is 0.823. The van der Waals surface area contributed by atoms with E-state index >= 15 is 0 Å². The van der Waals surface area contributed by atoms with Crippen molar-refractivity contribution in [1.29, 1.82) is 5.26 Å². The predicted octanol–water partition coefficient (Wildman–Crippen LogP) is 5.61. The van der Waals surface area contributed by atoms with Gasteiger partial charge in [0.25, 0.3) is 0 Å². The highest BCUT2D eigenvalue weighted by Crippen LogP contribution is 2.19. The van der Waals surface area contributed by atoms with Crippen LogP contribution in [0.15, 0.2) is 22.7 Å². The minimum Gasteiger partial charge on any atom is -0.192 e. The molecule has 0 N–H and O–H groups in total. The third kappa shape index (κ3) is 5.69. The van der Waals surface area contributed by atoms with Crippen LogP contribution < -0.4 is 0 Å². The quantitative estimate of drug-likeness (QED) is 0.572. The van der Waals surface area contributed by atoms with Gasteiger partial charge in [0.15, 0.2) is 0 Å². The number of unbranched alkanes of at least 4 members (excludes halogenated alkanes) is 6. The normalized spacial score (nSPS) is 10.3. The van der Waals surface area contributed by atoms with E-state index in [1.807, 2.05) is 12.1 Å². The first kappa shape index (κ1) is 15.2. The van der Waals surface area contributed by atoms with E-state index in [2.05, 4.69) is 35.0 Å². The monoisotopic (exact) mass is 307 g/mol. The van der Waals surface area contributed by atoms with Gasteiger partial charge in [-0.3, -0.25) is 0 Å². The Kier molecular flexibility index (Phi) is 7.76. The Morgan fingerprint density at radius 1 is 1.06 bits per heavy atom. The van der Waals surface area contributed by atoms with Crippen LogP contribution in [0.4, 0.5) is 0 Å². The maximum Gasteiger partial charge on any atom is 0.0994 e. The summed E-state index contributed by atoms with van der Waals surface area (Å²) in [6.07, 6.45) is 10.2. The topological polar surface area (TPSA) is 23.8 Å². The molecular formula is C16H22BrN. The molecule has 0 aliphatic heterocycles. The summed E-state index contributed by atoms with van der Waals surface area (Å²) in [4.78, 5) is 0. The first-order valence-electron chi connectivity index (χ1n) is 6.96. The maximum absolute atomic E-state index is 9.04. The summed E-state index contributed by atoms with van der Waals surface area (Å²) in [5, 5.41) is 9.04. The van der Waals surface area contributed by atoms with Gasteiger partial charge in [0, 0.05) is 4.47 Å². The number of hydrogen-bond acceptors (Lipinski definition) is 1. The van der Waals surface area contributed by atoms with E-state index in [4.69, 9.17) is 5.26 Å². The van der Waals surface area contributed by atoms with Gasteiger partial charge in [-0.1, -0.05) is 61.4 Å². The van der Waals surface area contributed by atoms with Gasteiger partial charge in [0.2, 0.25) is 0 Å². The molecule has 0 saturated heterocycles. The molecule has 0 unspecified atom stereocenters. The van der Waals surface area contributed by atoms with Gasteiger partial charge in [-0.15, -0.1) is 0 Å². The lowest BCUT2D eigenvalue weighted by atomic mass is 10.0. The average Bonchev–Trinajstić information content (AvgIpc) is 2.38. The fourth-order valence-electron chi connectivity index (χ4n) is 2.15. The van der Waals surface area contributed by atoms with Gasteiger partial charge in [0.1, 0.15) is 0 Å². The molecule has 0 amide bonds. The molecule has 0 aromatic heterocycles. The number of rotatable bonds is 8. The van der Waals surface area contributed by atoms with Crippen molar-refractivity contribution in [3.05, 3.63) is 33.8 Å². The summed E-state index contributed by atoms with van der Waals surface area (Å²) in [5.41, 5.74) is 2.00. The van der Waals surface area contributed by atoms with Gasteiger partial charge in [-0.25, -0.2) is 0 Å². The lowest BCUT2D eigenvalue weighted by Crippen LogP contribution is -1.91. The third-order valence-electron chi connectivity index (χ3n) is 3.24. The molecule has 0 aliphatic carbocycles. The van der Waals surface area contributed by atoms with Crippen molar-refractivity contribution in [2.45, 2.75) is 58.3 Å². The van der Waals surface area contributed by atoms with Crippen molar-refractivity contribution in [2.24, 2.45) is 0 Å². The highest BCUT2D eigenvalue weighted by molar-refractivity contribution is 9.10. The molecule has 1 nitrogen and oxygen atoms in total. The summed E-state index contributed by atoms with van der Waals surface area (Å²) >= 11 is 3.47. The fraction of sp³-hybridized carbons (Fsp3) is 0.562. The number of nitrogens with zero attached hydrogens (tertiary/aromatic N) is 1. The summed E-state index contributed by atoms with van der Waals surface area (Å²) in [6.45, 7) is 2.25. The Labute approximate surface area is 119 Å². The van der Waals surface area contributed by atoms with E-state index < -0.39 is 0 Å². The molecule has 18 heavy (non-hydrogen) atoms. The zero-order valence-corrected chi connectivity index (χ0v) is 12.8. The first-order valence-corrected chi connectivity index (χ1v) is 7.75. The average molecular weight is 308 g/mol. The number of benzene rings is 1. The van der Waals surface area contributed by atoms with Crippen LogP contribution in [0.3, 0.4) is 0 Å². The maximum atomic E-state index is 9.04. The van der Waals surface area contributed by atoms with E-state index in [1.165, 1.54) is 50.5 Å². The molecule has 0 atom stereocenters. The largest absolute Gasteiger partial charge is 0.192 e. The molecule has 98 valence electrons. The van der Waals surface area contributed by atoms with Crippen molar-refractivity contribution in [1.82, 2.24) is 0 Å². The Morgan fingerprint density at radius 3 is 2.39 bits per heavy atom. The van der Waals surface area contributed by atoms with Crippen molar-refractivity contribution in [2.75, 3.05) is 0 Å². The lowest BCUT2D eigenvalue weighted by molar-refractivity contribution is 0.589. The smallest absolute Gasteiger partial charge is 0.0994 e. The summed E-state index contributed by atoms with van der Waals surface area (Å²) in [7, 11) is 0.